The van der Waals surface area contributed by atoms with Crippen molar-refractivity contribution in [2.24, 2.45) is 0 Å². The first-order chi connectivity index (χ1) is 13.3. The van der Waals surface area contributed by atoms with Crippen molar-refractivity contribution in [2.45, 2.75) is 0 Å². The number of nitro benzene ring substituents is 2. The molecule has 1 heterocycles. The molecule has 28 heavy (non-hydrogen) atoms. The standard InChI is InChI=1S/C20H17N3O5/c1-21-12-16(10-14-2-6-18(7-3-14)22(25)26)20(24)17(13-21)11-15-4-8-19(9-5-15)23(27)28/h2-11H,12-13H2,1H3/b16-10-,17-11+. The molecule has 1 aliphatic rings. The lowest BCUT2D eigenvalue weighted by atomic mass is 9.94. The number of ketones is 1. The number of non-ortho nitro benzene ring substituents is 2. The molecule has 0 unspecified atom stereocenters. The molecule has 8 nitrogen and oxygen atoms in total. The minimum atomic E-state index is -0.471. The molecule has 3 rings (SSSR count). The first-order valence-corrected chi connectivity index (χ1v) is 8.47. The third-order valence-corrected chi connectivity index (χ3v) is 4.35. The van der Waals surface area contributed by atoms with Crippen molar-refractivity contribution in [3.05, 3.63) is 91.0 Å². The van der Waals surface area contributed by atoms with Crippen LogP contribution in [-0.2, 0) is 4.79 Å². The van der Waals surface area contributed by atoms with E-state index in [0.29, 0.717) is 35.4 Å². The fourth-order valence-corrected chi connectivity index (χ4v) is 3.00. The van der Waals surface area contributed by atoms with Crippen molar-refractivity contribution in [3.8, 4) is 0 Å². The van der Waals surface area contributed by atoms with Crippen LogP contribution in [0.5, 0.6) is 0 Å². The highest BCUT2D eigenvalue weighted by atomic mass is 16.6. The number of carbonyl (C=O) groups excluding carboxylic acids is 1. The number of Topliss-reactive ketones (excluding diaryl/α,β-unsaturated/α-hetero) is 1. The summed E-state index contributed by atoms with van der Waals surface area (Å²) in [6.07, 6.45) is 3.46. The van der Waals surface area contributed by atoms with Crippen LogP contribution in [0.2, 0.25) is 0 Å². The van der Waals surface area contributed by atoms with Crippen LogP contribution in [0.15, 0.2) is 59.7 Å². The Kier molecular flexibility index (Phi) is 5.42. The molecule has 0 spiro atoms. The molecule has 2 aromatic rings. The summed E-state index contributed by atoms with van der Waals surface area (Å²) in [4.78, 5) is 35.4. The molecule has 0 amide bonds. The van der Waals surface area contributed by atoms with E-state index in [4.69, 9.17) is 0 Å². The molecule has 0 N–H and O–H groups in total. The number of hydrogen-bond donors (Lipinski definition) is 0. The van der Waals surface area contributed by atoms with Gasteiger partial charge in [0.1, 0.15) is 0 Å². The number of hydrogen-bond acceptors (Lipinski definition) is 6. The highest BCUT2D eigenvalue weighted by Crippen LogP contribution is 2.23. The summed E-state index contributed by atoms with van der Waals surface area (Å²) in [5.74, 6) is -0.102. The molecule has 1 aliphatic heterocycles. The van der Waals surface area contributed by atoms with Crippen LogP contribution >= 0.6 is 0 Å². The lowest BCUT2D eigenvalue weighted by Crippen LogP contribution is -2.34. The van der Waals surface area contributed by atoms with Gasteiger partial charge in [-0.15, -0.1) is 0 Å². The van der Waals surface area contributed by atoms with Gasteiger partial charge in [-0.25, -0.2) is 0 Å². The van der Waals surface area contributed by atoms with E-state index < -0.39 is 9.85 Å². The Morgan fingerprint density at radius 2 is 1.14 bits per heavy atom. The molecular formula is C20H17N3O5. The molecule has 1 saturated heterocycles. The summed E-state index contributed by atoms with van der Waals surface area (Å²) in [6, 6.07) is 12.0. The fourth-order valence-electron chi connectivity index (χ4n) is 3.00. The van der Waals surface area contributed by atoms with Crippen molar-refractivity contribution in [1.82, 2.24) is 4.90 Å². The van der Waals surface area contributed by atoms with E-state index in [9.17, 15) is 25.0 Å². The number of likely N-dealkylation sites (tertiary alicyclic amines) is 1. The second-order valence-electron chi connectivity index (χ2n) is 6.54. The second-order valence-corrected chi connectivity index (χ2v) is 6.54. The zero-order valence-electron chi connectivity index (χ0n) is 15.1. The maximum Gasteiger partial charge on any atom is 0.269 e. The van der Waals surface area contributed by atoms with Gasteiger partial charge in [0.25, 0.3) is 11.4 Å². The normalized spacial score (nSPS) is 17.8. The predicted molar refractivity (Wildman–Crippen MR) is 105 cm³/mol. The molecule has 0 bridgehead atoms. The third-order valence-electron chi connectivity index (χ3n) is 4.35. The molecule has 0 aromatic heterocycles. The minimum absolute atomic E-state index is 0.00649. The number of carbonyl (C=O) groups is 1. The van der Waals surface area contributed by atoms with Gasteiger partial charge < -0.3 is 0 Å². The Morgan fingerprint density at radius 3 is 1.46 bits per heavy atom. The Morgan fingerprint density at radius 1 is 0.786 bits per heavy atom. The zero-order chi connectivity index (χ0) is 20.3. The number of nitro groups is 2. The van der Waals surface area contributed by atoms with E-state index in [1.807, 2.05) is 11.9 Å². The van der Waals surface area contributed by atoms with Crippen molar-refractivity contribution in [1.29, 1.82) is 0 Å². The number of nitrogens with zero attached hydrogens (tertiary/aromatic N) is 3. The number of rotatable bonds is 4. The minimum Gasteiger partial charge on any atom is -0.298 e. The molecule has 0 aliphatic carbocycles. The summed E-state index contributed by atoms with van der Waals surface area (Å²) < 4.78 is 0. The maximum atomic E-state index is 12.9. The number of benzene rings is 2. The highest BCUT2D eigenvalue weighted by Gasteiger charge is 2.24. The molecule has 1 fully saturated rings. The third kappa shape index (κ3) is 4.36. The Hall–Kier alpha value is -3.65. The van der Waals surface area contributed by atoms with Crippen molar-refractivity contribution in [2.75, 3.05) is 20.1 Å². The average Bonchev–Trinajstić information content (AvgIpc) is 2.66. The van der Waals surface area contributed by atoms with Gasteiger partial charge in [-0.05, 0) is 54.6 Å². The summed E-state index contributed by atoms with van der Waals surface area (Å²) in [7, 11) is 1.89. The molecule has 0 radical (unpaired) electrons. The smallest absolute Gasteiger partial charge is 0.269 e. The largest absolute Gasteiger partial charge is 0.298 e. The summed E-state index contributed by atoms with van der Waals surface area (Å²) >= 11 is 0. The quantitative estimate of drug-likeness (QED) is 0.457. The lowest BCUT2D eigenvalue weighted by molar-refractivity contribution is -0.385. The molecule has 2 aromatic carbocycles. The van der Waals surface area contributed by atoms with Crippen LogP contribution < -0.4 is 0 Å². The van der Waals surface area contributed by atoms with Gasteiger partial charge in [0.05, 0.1) is 9.85 Å². The molecule has 142 valence electrons. The lowest BCUT2D eigenvalue weighted by Gasteiger charge is -2.26. The van der Waals surface area contributed by atoms with E-state index in [0.717, 1.165) is 0 Å². The van der Waals surface area contributed by atoms with Gasteiger partial charge in [0.2, 0.25) is 0 Å². The van der Waals surface area contributed by atoms with Gasteiger partial charge in [-0.3, -0.25) is 29.9 Å². The van der Waals surface area contributed by atoms with Gasteiger partial charge in [0, 0.05) is 48.5 Å². The monoisotopic (exact) mass is 379 g/mol. The van der Waals surface area contributed by atoms with Gasteiger partial charge in [-0.1, -0.05) is 0 Å². The Labute approximate surface area is 160 Å². The second kappa shape index (κ2) is 7.93. The van der Waals surface area contributed by atoms with Crippen LogP contribution in [0.1, 0.15) is 11.1 Å². The van der Waals surface area contributed by atoms with E-state index in [-0.39, 0.29) is 17.2 Å². The van der Waals surface area contributed by atoms with Gasteiger partial charge in [0.15, 0.2) is 5.78 Å². The predicted octanol–water partition coefficient (Wildman–Crippen LogP) is 3.48. The molecule has 0 atom stereocenters. The fraction of sp³-hybridized carbons (Fsp3) is 0.150. The van der Waals surface area contributed by atoms with Crippen LogP contribution in [0.3, 0.4) is 0 Å². The van der Waals surface area contributed by atoms with Crippen molar-refractivity contribution >= 4 is 29.3 Å². The summed E-state index contributed by atoms with van der Waals surface area (Å²) in [5.41, 5.74) is 2.56. The first-order valence-electron chi connectivity index (χ1n) is 8.47. The molecule has 8 heteroatoms. The SMILES string of the molecule is CN1C/C(=C/c2ccc([N+](=O)[O-])cc2)C(=O)/C(=C/c2ccc([N+](=O)[O-])cc2)C1. The average molecular weight is 379 g/mol. The van der Waals surface area contributed by atoms with E-state index in [1.165, 1.54) is 24.3 Å². The van der Waals surface area contributed by atoms with E-state index in [1.54, 1.807) is 36.4 Å². The Bertz CT molecular complexity index is 912. The van der Waals surface area contributed by atoms with Crippen LogP contribution in [0, 0.1) is 20.2 Å². The van der Waals surface area contributed by atoms with Crippen molar-refractivity contribution in [3.63, 3.8) is 0 Å². The highest BCUT2D eigenvalue weighted by molar-refractivity contribution is 6.14. The van der Waals surface area contributed by atoms with Crippen LogP contribution in [0.4, 0.5) is 11.4 Å². The number of likely N-dealkylation sites (N-methyl/N-ethyl adjacent to an activating group) is 1. The van der Waals surface area contributed by atoms with Crippen LogP contribution in [-0.4, -0.2) is 40.7 Å². The number of piperidine rings is 1. The zero-order valence-corrected chi connectivity index (χ0v) is 15.1. The van der Waals surface area contributed by atoms with Gasteiger partial charge >= 0.3 is 0 Å². The van der Waals surface area contributed by atoms with Crippen LogP contribution in [0.25, 0.3) is 12.2 Å². The summed E-state index contributed by atoms with van der Waals surface area (Å²) in [5, 5.41) is 21.5. The summed E-state index contributed by atoms with van der Waals surface area (Å²) in [6.45, 7) is 0.931. The van der Waals surface area contributed by atoms with Crippen molar-refractivity contribution < 1.29 is 14.6 Å². The molecule has 0 saturated carbocycles. The van der Waals surface area contributed by atoms with E-state index >= 15 is 0 Å². The topological polar surface area (TPSA) is 107 Å². The molecular weight excluding hydrogens is 362 g/mol. The van der Waals surface area contributed by atoms with Gasteiger partial charge in [-0.2, -0.15) is 0 Å². The maximum absolute atomic E-state index is 12.9. The van der Waals surface area contributed by atoms with E-state index in [2.05, 4.69) is 0 Å². The first kappa shape index (κ1) is 19.1. The Balaban J connectivity index is 1.87.